The van der Waals surface area contributed by atoms with Gasteiger partial charge in [-0.15, -0.1) is 0 Å². The molecule has 4 nitrogen and oxygen atoms in total. The number of piperidine rings is 1. The number of carbonyl (C=O) groups is 2. The molecule has 2 saturated carbocycles. The molecule has 1 N–H and O–H groups in total. The molecule has 2 bridgehead atoms. The summed E-state index contributed by atoms with van der Waals surface area (Å²) in [5, 5.41) is 9.51. The molecule has 1 amide bonds. The normalized spacial score (nSPS) is 43.8. The number of carboxylic acid groups (broad SMARTS) is 1. The van der Waals surface area contributed by atoms with Crippen molar-refractivity contribution < 1.29 is 14.7 Å². The molecular formula is C16H25NO3. The fourth-order valence-electron chi connectivity index (χ4n) is 5.03. The van der Waals surface area contributed by atoms with E-state index in [0.29, 0.717) is 5.92 Å². The maximum atomic E-state index is 13.0. The van der Waals surface area contributed by atoms with Crippen LogP contribution < -0.4 is 0 Å². The third kappa shape index (κ3) is 2.04. The number of carboxylic acids is 1. The number of hydrogen-bond acceptors (Lipinski definition) is 2. The summed E-state index contributed by atoms with van der Waals surface area (Å²) in [6, 6.07) is 0.527. The summed E-state index contributed by atoms with van der Waals surface area (Å²) >= 11 is 0. The minimum absolute atomic E-state index is 0.129. The van der Waals surface area contributed by atoms with E-state index in [-0.39, 0.29) is 29.8 Å². The van der Waals surface area contributed by atoms with Crippen molar-refractivity contribution in [1.82, 2.24) is 4.90 Å². The molecule has 3 fully saturated rings. The summed E-state index contributed by atoms with van der Waals surface area (Å²) in [5.41, 5.74) is 0. The lowest BCUT2D eigenvalue weighted by Crippen LogP contribution is -2.52. The molecule has 2 aliphatic carbocycles. The zero-order valence-corrected chi connectivity index (χ0v) is 12.4. The van der Waals surface area contributed by atoms with Gasteiger partial charge in [0, 0.05) is 12.1 Å². The topological polar surface area (TPSA) is 57.6 Å². The average molecular weight is 279 g/mol. The number of carbonyl (C=O) groups excluding carboxylic acids is 1. The second-order valence-electron chi connectivity index (χ2n) is 7.10. The molecular weight excluding hydrogens is 254 g/mol. The van der Waals surface area contributed by atoms with Crippen molar-refractivity contribution in [2.75, 3.05) is 0 Å². The van der Waals surface area contributed by atoms with Gasteiger partial charge < -0.3 is 10.0 Å². The maximum absolute atomic E-state index is 13.0. The first-order chi connectivity index (χ1) is 9.50. The van der Waals surface area contributed by atoms with Gasteiger partial charge in [-0.3, -0.25) is 9.59 Å². The lowest BCUT2D eigenvalue weighted by molar-refractivity contribution is -0.155. The van der Waals surface area contributed by atoms with E-state index in [4.69, 9.17) is 0 Å². The van der Waals surface area contributed by atoms with Crippen LogP contribution in [0.15, 0.2) is 0 Å². The van der Waals surface area contributed by atoms with E-state index in [1.54, 1.807) is 0 Å². The Balaban J connectivity index is 1.83. The van der Waals surface area contributed by atoms with E-state index >= 15 is 0 Å². The van der Waals surface area contributed by atoms with Gasteiger partial charge in [0.2, 0.25) is 5.91 Å². The summed E-state index contributed by atoms with van der Waals surface area (Å²) in [5.74, 6) is -0.759. The van der Waals surface area contributed by atoms with Crippen molar-refractivity contribution in [1.29, 1.82) is 0 Å². The highest BCUT2D eigenvalue weighted by atomic mass is 16.4. The lowest BCUT2D eigenvalue weighted by Gasteiger charge is -2.42. The zero-order chi connectivity index (χ0) is 14.4. The molecule has 3 rings (SSSR count). The van der Waals surface area contributed by atoms with Crippen LogP contribution in [0.4, 0.5) is 0 Å². The molecule has 112 valence electrons. The number of hydrogen-bond donors (Lipinski definition) is 1. The zero-order valence-electron chi connectivity index (χ0n) is 12.4. The Morgan fingerprint density at radius 1 is 0.950 bits per heavy atom. The Bertz CT molecular complexity index is 412. The second kappa shape index (κ2) is 5.05. The molecule has 1 saturated heterocycles. The number of aliphatic carboxylic acids is 1. The number of amides is 1. The lowest BCUT2D eigenvalue weighted by atomic mass is 9.77. The molecule has 0 aromatic heterocycles. The van der Waals surface area contributed by atoms with Crippen LogP contribution in [-0.2, 0) is 9.59 Å². The van der Waals surface area contributed by atoms with Crippen molar-refractivity contribution in [2.24, 2.45) is 23.7 Å². The quantitative estimate of drug-likeness (QED) is 0.845. The van der Waals surface area contributed by atoms with Gasteiger partial charge in [0.05, 0.1) is 11.8 Å². The highest BCUT2D eigenvalue weighted by molar-refractivity contribution is 5.86. The number of nitrogens with zero attached hydrogens (tertiary/aromatic N) is 1. The smallest absolute Gasteiger partial charge is 0.307 e. The van der Waals surface area contributed by atoms with Crippen molar-refractivity contribution in [3.63, 3.8) is 0 Å². The minimum Gasteiger partial charge on any atom is -0.481 e. The Kier molecular flexibility index (Phi) is 3.51. The fourth-order valence-corrected chi connectivity index (χ4v) is 5.03. The summed E-state index contributed by atoms with van der Waals surface area (Å²) in [7, 11) is 0. The molecule has 0 aromatic carbocycles. The second-order valence-corrected chi connectivity index (χ2v) is 7.10. The predicted octanol–water partition coefficient (Wildman–Crippen LogP) is 2.52. The number of fused-ring (bicyclic) bond motifs is 2. The summed E-state index contributed by atoms with van der Waals surface area (Å²) in [4.78, 5) is 26.6. The van der Waals surface area contributed by atoms with Crippen LogP contribution in [0.2, 0.25) is 0 Å². The van der Waals surface area contributed by atoms with E-state index in [0.717, 1.165) is 32.1 Å². The van der Waals surface area contributed by atoms with E-state index < -0.39 is 11.9 Å². The molecule has 6 atom stereocenters. The third-order valence-corrected chi connectivity index (χ3v) is 5.93. The molecule has 0 spiro atoms. The van der Waals surface area contributed by atoms with E-state index in [2.05, 4.69) is 13.8 Å². The Hall–Kier alpha value is -1.06. The van der Waals surface area contributed by atoms with Gasteiger partial charge in [-0.05, 0) is 64.2 Å². The molecule has 3 aliphatic rings. The van der Waals surface area contributed by atoms with Crippen molar-refractivity contribution in [3.05, 3.63) is 0 Å². The minimum atomic E-state index is -0.757. The highest BCUT2D eigenvalue weighted by Gasteiger charge is 2.55. The first-order valence-electron chi connectivity index (χ1n) is 8.05. The SMILES string of the molecule is C[C@@H]1CCC[C@H](C)N1C(=O)[C@H]1[C@H]2CC[C@@H](C2)[C@H]1C(=O)O. The van der Waals surface area contributed by atoms with E-state index in [9.17, 15) is 14.7 Å². The van der Waals surface area contributed by atoms with Crippen LogP contribution in [0.1, 0.15) is 52.4 Å². The summed E-state index contributed by atoms with van der Waals surface area (Å²) in [6.07, 6.45) is 6.26. The number of likely N-dealkylation sites (tertiary alicyclic amines) is 1. The molecule has 20 heavy (non-hydrogen) atoms. The first-order valence-corrected chi connectivity index (χ1v) is 8.05. The standard InChI is InChI=1S/C16H25NO3/c1-9-4-3-5-10(2)17(9)15(18)13-11-6-7-12(8-11)14(13)16(19)20/h9-14H,3-8H2,1-2H3,(H,19,20)/t9-,10+,11-,12-,13-,14+/m0/s1. The molecule has 1 heterocycles. The van der Waals surface area contributed by atoms with Gasteiger partial charge in [0.1, 0.15) is 0 Å². The van der Waals surface area contributed by atoms with Gasteiger partial charge >= 0.3 is 5.97 Å². The van der Waals surface area contributed by atoms with Gasteiger partial charge in [0.15, 0.2) is 0 Å². The van der Waals surface area contributed by atoms with Gasteiger partial charge in [-0.1, -0.05) is 0 Å². The Morgan fingerprint density at radius 3 is 2.05 bits per heavy atom. The summed E-state index contributed by atoms with van der Waals surface area (Å²) < 4.78 is 0. The van der Waals surface area contributed by atoms with Crippen LogP contribution in [-0.4, -0.2) is 34.0 Å². The first kappa shape index (κ1) is 13.9. The average Bonchev–Trinajstić information content (AvgIpc) is 2.98. The van der Waals surface area contributed by atoms with Crippen molar-refractivity contribution in [2.45, 2.75) is 64.5 Å². The summed E-state index contributed by atoms with van der Waals surface area (Å²) in [6.45, 7) is 4.22. The molecule has 0 aromatic rings. The van der Waals surface area contributed by atoms with Gasteiger partial charge in [-0.25, -0.2) is 0 Å². The van der Waals surface area contributed by atoms with Crippen molar-refractivity contribution >= 4 is 11.9 Å². The van der Waals surface area contributed by atoms with Crippen LogP contribution in [0.3, 0.4) is 0 Å². The van der Waals surface area contributed by atoms with Crippen LogP contribution >= 0.6 is 0 Å². The molecule has 1 aliphatic heterocycles. The van der Waals surface area contributed by atoms with Crippen LogP contribution in [0, 0.1) is 23.7 Å². The molecule has 0 unspecified atom stereocenters. The highest BCUT2D eigenvalue weighted by Crippen LogP contribution is 2.53. The molecule has 0 radical (unpaired) electrons. The van der Waals surface area contributed by atoms with Crippen LogP contribution in [0.5, 0.6) is 0 Å². The van der Waals surface area contributed by atoms with E-state index in [1.165, 1.54) is 6.42 Å². The van der Waals surface area contributed by atoms with Crippen molar-refractivity contribution in [3.8, 4) is 0 Å². The predicted molar refractivity (Wildman–Crippen MR) is 75.1 cm³/mol. The fraction of sp³-hybridized carbons (Fsp3) is 0.875. The Labute approximate surface area is 120 Å². The van der Waals surface area contributed by atoms with E-state index in [1.807, 2.05) is 4.90 Å². The Morgan fingerprint density at radius 2 is 1.50 bits per heavy atom. The third-order valence-electron chi connectivity index (χ3n) is 5.93. The monoisotopic (exact) mass is 279 g/mol. The van der Waals surface area contributed by atoms with Gasteiger partial charge in [-0.2, -0.15) is 0 Å². The van der Waals surface area contributed by atoms with Gasteiger partial charge in [0.25, 0.3) is 0 Å². The van der Waals surface area contributed by atoms with Crippen LogP contribution in [0.25, 0.3) is 0 Å². The number of rotatable bonds is 2. The maximum Gasteiger partial charge on any atom is 0.307 e. The largest absolute Gasteiger partial charge is 0.481 e. The molecule has 4 heteroatoms.